The molecule has 3 aromatic heterocycles. The summed E-state index contributed by atoms with van der Waals surface area (Å²) in [7, 11) is 0. The Kier molecular flexibility index (Phi) is 8.90. The lowest BCUT2D eigenvalue weighted by Gasteiger charge is -2.15. The van der Waals surface area contributed by atoms with Gasteiger partial charge in [-0.3, -0.25) is 0 Å². The first-order chi connectivity index (χ1) is 34.2. The third-order valence-electron chi connectivity index (χ3n) is 14.3. The van der Waals surface area contributed by atoms with E-state index < -0.39 is 0 Å². The van der Waals surface area contributed by atoms with E-state index in [0.29, 0.717) is 0 Å². The summed E-state index contributed by atoms with van der Waals surface area (Å²) >= 11 is 0. The lowest BCUT2D eigenvalue weighted by Crippen LogP contribution is -1.98. The zero-order valence-corrected chi connectivity index (χ0v) is 37.7. The maximum Gasteiger partial charge on any atom is 0.0541 e. The Hall–Kier alpha value is -9.18. The molecule has 0 bridgehead atoms. The first-order valence-electron chi connectivity index (χ1n) is 23.8. The summed E-state index contributed by atoms with van der Waals surface area (Å²) in [6, 6.07) is 95.4. The van der Waals surface area contributed by atoms with Crippen LogP contribution < -0.4 is 0 Å². The standard InChI is InChI=1S/C66H43N3/c1-4-16-44(17-5-1)47-30-36-64-58(40-47)59-41-48(45-18-6-2-7-19-45)31-37-65(59)68(64)52-34-28-46(29-35-52)53-22-10-13-25-60(53)69-62-27-15-12-24-55(62)57-43-50(33-39-66(57)69)49-32-38-63-56(42-49)54-23-11-14-26-61(54)67(63)51-20-8-3-9-21-51/h1-43H. The summed E-state index contributed by atoms with van der Waals surface area (Å²) in [4.78, 5) is 0. The molecule has 11 aromatic carbocycles. The summed E-state index contributed by atoms with van der Waals surface area (Å²) in [6.45, 7) is 0. The van der Waals surface area contributed by atoms with E-state index in [1.807, 2.05) is 0 Å². The number of benzene rings is 11. The smallest absolute Gasteiger partial charge is 0.0541 e. The van der Waals surface area contributed by atoms with Crippen LogP contribution in [0.1, 0.15) is 0 Å². The molecule has 14 rings (SSSR count). The van der Waals surface area contributed by atoms with Crippen molar-refractivity contribution >= 4 is 65.4 Å². The second-order valence-electron chi connectivity index (χ2n) is 18.1. The summed E-state index contributed by atoms with van der Waals surface area (Å²) in [5.74, 6) is 0. The molecule has 0 aliphatic rings. The minimum atomic E-state index is 1.13. The van der Waals surface area contributed by atoms with Crippen LogP contribution in [0.4, 0.5) is 0 Å². The van der Waals surface area contributed by atoms with Crippen LogP contribution in [-0.4, -0.2) is 13.7 Å². The predicted molar refractivity (Wildman–Crippen MR) is 291 cm³/mol. The minimum absolute atomic E-state index is 1.13. The average molecular weight is 878 g/mol. The van der Waals surface area contributed by atoms with Gasteiger partial charge in [-0.05, 0) is 130 Å². The van der Waals surface area contributed by atoms with Gasteiger partial charge in [0.05, 0.1) is 38.8 Å². The first kappa shape index (κ1) is 39.0. The van der Waals surface area contributed by atoms with Crippen LogP contribution >= 0.6 is 0 Å². The number of hydrogen-bond acceptors (Lipinski definition) is 0. The molecule has 0 aliphatic heterocycles. The average Bonchev–Trinajstić information content (AvgIpc) is 4.06. The van der Waals surface area contributed by atoms with Crippen molar-refractivity contribution in [3.05, 3.63) is 261 Å². The van der Waals surface area contributed by atoms with Gasteiger partial charge in [0, 0.05) is 49.3 Å². The monoisotopic (exact) mass is 877 g/mol. The lowest BCUT2D eigenvalue weighted by atomic mass is 10.0. The zero-order chi connectivity index (χ0) is 45.4. The summed E-state index contributed by atoms with van der Waals surface area (Å²) in [6.07, 6.45) is 0. The number of rotatable bonds is 7. The molecule has 14 aromatic rings. The molecule has 69 heavy (non-hydrogen) atoms. The molecule has 0 atom stereocenters. The molecule has 322 valence electrons. The first-order valence-corrected chi connectivity index (χ1v) is 23.8. The highest BCUT2D eigenvalue weighted by Crippen LogP contribution is 2.42. The van der Waals surface area contributed by atoms with Crippen molar-refractivity contribution in [2.75, 3.05) is 0 Å². The fourth-order valence-electron chi connectivity index (χ4n) is 11.0. The Morgan fingerprint density at radius 3 is 1.03 bits per heavy atom. The molecule has 0 saturated heterocycles. The molecular formula is C66H43N3. The van der Waals surface area contributed by atoms with Gasteiger partial charge >= 0.3 is 0 Å². The van der Waals surface area contributed by atoms with Crippen LogP contribution in [0.3, 0.4) is 0 Å². The Labute approximate surface area is 399 Å². The number of aromatic nitrogens is 3. The van der Waals surface area contributed by atoms with Gasteiger partial charge < -0.3 is 13.7 Å². The Morgan fingerprint density at radius 2 is 0.522 bits per heavy atom. The molecule has 3 heteroatoms. The van der Waals surface area contributed by atoms with Crippen molar-refractivity contribution < 1.29 is 0 Å². The molecule has 0 aliphatic carbocycles. The van der Waals surface area contributed by atoms with Crippen LogP contribution in [0.5, 0.6) is 0 Å². The third-order valence-corrected chi connectivity index (χ3v) is 14.3. The van der Waals surface area contributed by atoms with Gasteiger partial charge in [0.15, 0.2) is 0 Å². The number of fused-ring (bicyclic) bond motifs is 9. The largest absolute Gasteiger partial charge is 0.309 e. The molecule has 0 unspecified atom stereocenters. The second-order valence-corrected chi connectivity index (χ2v) is 18.1. The molecule has 3 nitrogen and oxygen atoms in total. The molecule has 0 fully saturated rings. The van der Waals surface area contributed by atoms with E-state index in [1.54, 1.807) is 0 Å². The highest BCUT2D eigenvalue weighted by molar-refractivity contribution is 6.14. The molecule has 0 saturated carbocycles. The van der Waals surface area contributed by atoms with Crippen LogP contribution in [0.25, 0.3) is 127 Å². The predicted octanol–water partition coefficient (Wildman–Crippen LogP) is 17.6. The molecule has 0 N–H and O–H groups in total. The molecule has 0 radical (unpaired) electrons. The summed E-state index contributed by atoms with van der Waals surface area (Å²) in [5.41, 5.74) is 20.2. The van der Waals surface area contributed by atoms with Gasteiger partial charge in [0.2, 0.25) is 0 Å². The third kappa shape index (κ3) is 6.29. The van der Waals surface area contributed by atoms with Gasteiger partial charge in [-0.2, -0.15) is 0 Å². The van der Waals surface area contributed by atoms with E-state index in [0.717, 1.165) is 11.4 Å². The Bertz CT molecular complexity index is 4170. The maximum absolute atomic E-state index is 2.45. The molecular weight excluding hydrogens is 835 g/mol. The normalized spacial score (nSPS) is 11.8. The van der Waals surface area contributed by atoms with E-state index in [1.165, 1.54) is 116 Å². The molecule has 0 spiro atoms. The van der Waals surface area contributed by atoms with Crippen molar-refractivity contribution in [3.63, 3.8) is 0 Å². The van der Waals surface area contributed by atoms with Crippen molar-refractivity contribution in [3.8, 4) is 61.6 Å². The van der Waals surface area contributed by atoms with Gasteiger partial charge in [0.1, 0.15) is 0 Å². The molecule has 3 heterocycles. The quantitative estimate of drug-likeness (QED) is 0.152. The van der Waals surface area contributed by atoms with Gasteiger partial charge in [-0.1, -0.05) is 170 Å². The SMILES string of the molecule is c1ccc(-c2ccc3c(c2)c2cc(-c4ccccc4)ccc2n3-c2ccc(-c3ccccc3-n3c4ccccc4c4cc(-c5ccc6c(c5)c5ccccc5n6-c5ccccc5)ccc43)cc2)cc1. The van der Waals surface area contributed by atoms with Crippen LogP contribution in [0, 0.1) is 0 Å². The second kappa shape index (κ2) is 15.7. The van der Waals surface area contributed by atoms with Crippen molar-refractivity contribution in [1.82, 2.24) is 13.7 Å². The lowest BCUT2D eigenvalue weighted by molar-refractivity contribution is 1.17. The zero-order valence-electron chi connectivity index (χ0n) is 37.7. The number of nitrogens with zero attached hydrogens (tertiary/aromatic N) is 3. The van der Waals surface area contributed by atoms with Crippen molar-refractivity contribution in [1.29, 1.82) is 0 Å². The number of hydrogen-bond donors (Lipinski definition) is 0. The Morgan fingerprint density at radius 1 is 0.188 bits per heavy atom. The van der Waals surface area contributed by atoms with Gasteiger partial charge in [-0.25, -0.2) is 0 Å². The van der Waals surface area contributed by atoms with Crippen LogP contribution in [0.2, 0.25) is 0 Å². The van der Waals surface area contributed by atoms with Crippen LogP contribution in [-0.2, 0) is 0 Å². The van der Waals surface area contributed by atoms with E-state index in [9.17, 15) is 0 Å². The number of para-hydroxylation sites is 4. The Balaban J connectivity index is 0.875. The van der Waals surface area contributed by atoms with Crippen molar-refractivity contribution in [2.45, 2.75) is 0 Å². The van der Waals surface area contributed by atoms with E-state index in [-0.39, 0.29) is 0 Å². The van der Waals surface area contributed by atoms with E-state index in [2.05, 4.69) is 275 Å². The van der Waals surface area contributed by atoms with E-state index in [4.69, 9.17) is 0 Å². The van der Waals surface area contributed by atoms with Crippen LogP contribution in [0.15, 0.2) is 261 Å². The summed E-state index contributed by atoms with van der Waals surface area (Å²) < 4.78 is 7.26. The fourth-order valence-corrected chi connectivity index (χ4v) is 11.0. The van der Waals surface area contributed by atoms with E-state index >= 15 is 0 Å². The highest BCUT2D eigenvalue weighted by Gasteiger charge is 2.19. The maximum atomic E-state index is 2.45. The van der Waals surface area contributed by atoms with Gasteiger partial charge in [-0.15, -0.1) is 0 Å². The minimum Gasteiger partial charge on any atom is -0.309 e. The topological polar surface area (TPSA) is 14.8 Å². The van der Waals surface area contributed by atoms with Crippen molar-refractivity contribution in [2.24, 2.45) is 0 Å². The van der Waals surface area contributed by atoms with Gasteiger partial charge in [0.25, 0.3) is 0 Å². The fraction of sp³-hybridized carbons (Fsp3) is 0. The summed E-state index contributed by atoms with van der Waals surface area (Å²) in [5, 5.41) is 7.46. The molecule has 0 amide bonds. The highest BCUT2D eigenvalue weighted by atomic mass is 15.0.